The predicted molar refractivity (Wildman–Crippen MR) is 59.1 cm³/mol. The van der Waals surface area contributed by atoms with Gasteiger partial charge in [-0.05, 0) is 13.0 Å². The minimum atomic E-state index is -1.34. The van der Waals surface area contributed by atoms with Crippen molar-refractivity contribution in [2.24, 2.45) is 0 Å². The zero-order valence-electron chi connectivity index (χ0n) is 9.18. The fourth-order valence-electron chi connectivity index (χ4n) is 1.41. The molecule has 90 valence electrons. The number of nitrogens with zero attached hydrogens (tertiary/aromatic N) is 1. The molecule has 0 unspecified atom stereocenters. The number of hydrogen-bond acceptors (Lipinski definition) is 4. The largest absolute Gasteiger partial charge is 0.478 e. The van der Waals surface area contributed by atoms with E-state index >= 15 is 0 Å². The number of carbonyl (C=O) groups excluding carboxylic acids is 1. The molecule has 17 heavy (non-hydrogen) atoms. The van der Waals surface area contributed by atoms with E-state index in [1.54, 1.807) is 0 Å². The van der Waals surface area contributed by atoms with Gasteiger partial charge in [0.25, 0.3) is 5.69 Å². The second-order valence-corrected chi connectivity index (χ2v) is 3.40. The summed E-state index contributed by atoms with van der Waals surface area (Å²) in [6, 6.07) is 2.54. The summed E-state index contributed by atoms with van der Waals surface area (Å²) >= 11 is 0. The van der Waals surface area contributed by atoms with Crippen LogP contribution in [-0.4, -0.2) is 21.9 Å². The molecule has 7 heteroatoms. The lowest BCUT2D eigenvalue weighted by atomic mass is 10.1. The number of nitro benzene ring substituents is 1. The van der Waals surface area contributed by atoms with Gasteiger partial charge in [0.1, 0.15) is 5.69 Å². The highest BCUT2D eigenvalue weighted by molar-refractivity contribution is 6.03. The van der Waals surface area contributed by atoms with Gasteiger partial charge >= 0.3 is 5.97 Å². The van der Waals surface area contributed by atoms with E-state index in [0.29, 0.717) is 0 Å². The van der Waals surface area contributed by atoms with Gasteiger partial charge in [0.15, 0.2) is 0 Å². The van der Waals surface area contributed by atoms with Crippen LogP contribution in [0.15, 0.2) is 12.1 Å². The predicted octanol–water partition coefficient (Wildman–Crippen LogP) is 1.56. The summed E-state index contributed by atoms with van der Waals surface area (Å²) in [5.74, 6) is -1.90. The average Bonchev–Trinajstić information content (AvgIpc) is 2.15. The molecule has 1 amide bonds. The van der Waals surface area contributed by atoms with E-state index in [1.807, 2.05) is 0 Å². The highest BCUT2D eigenvalue weighted by Gasteiger charge is 2.24. The van der Waals surface area contributed by atoms with Crippen molar-refractivity contribution in [1.29, 1.82) is 0 Å². The van der Waals surface area contributed by atoms with Gasteiger partial charge in [-0.15, -0.1) is 0 Å². The number of aryl methyl sites for hydroxylation is 1. The Balaban J connectivity index is 3.55. The van der Waals surface area contributed by atoms with E-state index in [9.17, 15) is 19.7 Å². The van der Waals surface area contributed by atoms with Crippen molar-refractivity contribution in [3.8, 4) is 0 Å². The standard InChI is InChI=1S/C10H10N2O5/c1-5-3-4-7(10(14)15)8(11-6(2)13)9(5)12(16)17/h3-4H,1-2H3,(H,11,13)(H,14,15). The summed E-state index contributed by atoms with van der Waals surface area (Å²) in [5, 5.41) is 21.9. The Kier molecular flexibility index (Phi) is 3.42. The summed E-state index contributed by atoms with van der Waals surface area (Å²) in [6.07, 6.45) is 0. The van der Waals surface area contributed by atoms with Crippen LogP contribution in [0.4, 0.5) is 11.4 Å². The first-order valence-corrected chi connectivity index (χ1v) is 4.63. The highest BCUT2D eigenvalue weighted by atomic mass is 16.6. The zero-order valence-corrected chi connectivity index (χ0v) is 9.18. The van der Waals surface area contributed by atoms with Gasteiger partial charge in [0.05, 0.1) is 10.5 Å². The monoisotopic (exact) mass is 238 g/mol. The maximum atomic E-state index is 10.9. The van der Waals surface area contributed by atoms with Crippen LogP contribution < -0.4 is 5.32 Å². The molecule has 0 aromatic heterocycles. The molecule has 2 N–H and O–H groups in total. The highest BCUT2D eigenvalue weighted by Crippen LogP contribution is 2.31. The maximum Gasteiger partial charge on any atom is 0.338 e. The van der Waals surface area contributed by atoms with E-state index in [-0.39, 0.29) is 16.8 Å². The fraction of sp³-hybridized carbons (Fsp3) is 0.200. The van der Waals surface area contributed by atoms with E-state index in [2.05, 4.69) is 5.32 Å². The van der Waals surface area contributed by atoms with Gasteiger partial charge in [-0.1, -0.05) is 6.07 Å². The van der Waals surface area contributed by atoms with Gasteiger partial charge < -0.3 is 10.4 Å². The number of benzene rings is 1. The average molecular weight is 238 g/mol. The van der Waals surface area contributed by atoms with Crippen LogP contribution in [0, 0.1) is 17.0 Å². The van der Waals surface area contributed by atoms with Gasteiger partial charge in [0.2, 0.25) is 5.91 Å². The number of aromatic carboxylic acids is 1. The Labute approximate surface area is 96.2 Å². The Morgan fingerprint density at radius 3 is 2.41 bits per heavy atom. The van der Waals surface area contributed by atoms with Crippen molar-refractivity contribution in [1.82, 2.24) is 0 Å². The van der Waals surface area contributed by atoms with Crippen LogP contribution in [-0.2, 0) is 4.79 Å². The van der Waals surface area contributed by atoms with Gasteiger partial charge in [-0.25, -0.2) is 4.79 Å². The quantitative estimate of drug-likeness (QED) is 0.613. The molecule has 0 heterocycles. The molecule has 0 saturated heterocycles. The number of carboxylic acids is 1. The minimum Gasteiger partial charge on any atom is -0.478 e. The lowest BCUT2D eigenvalue weighted by Gasteiger charge is -2.09. The van der Waals surface area contributed by atoms with Crippen molar-refractivity contribution >= 4 is 23.3 Å². The first-order chi connectivity index (χ1) is 7.84. The van der Waals surface area contributed by atoms with Crippen LogP contribution in [0.25, 0.3) is 0 Å². The Morgan fingerprint density at radius 2 is 2.00 bits per heavy atom. The smallest absolute Gasteiger partial charge is 0.338 e. The van der Waals surface area contributed by atoms with E-state index < -0.39 is 22.5 Å². The van der Waals surface area contributed by atoms with Crippen LogP contribution in [0.3, 0.4) is 0 Å². The number of carbonyl (C=O) groups is 2. The molecule has 0 fully saturated rings. The van der Waals surface area contributed by atoms with Crippen molar-refractivity contribution in [2.45, 2.75) is 13.8 Å². The van der Waals surface area contributed by atoms with Crippen molar-refractivity contribution in [2.75, 3.05) is 5.32 Å². The molecule has 0 bridgehead atoms. The van der Waals surface area contributed by atoms with Crippen LogP contribution in [0.1, 0.15) is 22.8 Å². The normalized spacial score (nSPS) is 9.76. The summed E-state index contributed by atoms with van der Waals surface area (Å²) in [6.45, 7) is 2.62. The molecule has 0 aliphatic rings. The molecule has 0 aliphatic carbocycles. The molecule has 7 nitrogen and oxygen atoms in total. The van der Waals surface area contributed by atoms with E-state index in [1.165, 1.54) is 19.1 Å². The van der Waals surface area contributed by atoms with Gasteiger partial charge in [-0.2, -0.15) is 0 Å². The fourth-order valence-corrected chi connectivity index (χ4v) is 1.41. The van der Waals surface area contributed by atoms with Gasteiger partial charge in [0, 0.05) is 12.5 Å². The third-order valence-corrected chi connectivity index (χ3v) is 2.09. The summed E-state index contributed by atoms with van der Waals surface area (Å²) < 4.78 is 0. The first kappa shape index (κ1) is 12.6. The number of nitrogens with one attached hydrogen (secondary N) is 1. The van der Waals surface area contributed by atoms with Crippen molar-refractivity contribution < 1.29 is 19.6 Å². The third kappa shape index (κ3) is 2.57. The molecule has 0 saturated carbocycles. The summed E-state index contributed by atoms with van der Waals surface area (Å²) in [5.41, 5.74) is -0.712. The number of rotatable bonds is 3. The molecule has 0 atom stereocenters. The lowest BCUT2D eigenvalue weighted by molar-refractivity contribution is -0.384. The van der Waals surface area contributed by atoms with Crippen LogP contribution in [0.5, 0.6) is 0 Å². The SMILES string of the molecule is CC(=O)Nc1c(C(=O)O)ccc(C)c1[N+](=O)[O-]. The number of carboxylic acid groups (broad SMARTS) is 1. The summed E-state index contributed by atoms with van der Waals surface area (Å²) in [4.78, 5) is 32.0. The summed E-state index contributed by atoms with van der Waals surface area (Å²) in [7, 11) is 0. The zero-order chi connectivity index (χ0) is 13.2. The number of amides is 1. The molecule has 0 radical (unpaired) electrons. The second-order valence-electron chi connectivity index (χ2n) is 3.40. The molecule has 1 aromatic carbocycles. The van der Waals surface area contributed by atoms with Crippen molar-refractivity contribution in [3.05, 3.63) is 33.4 Å². The maximum absolute atomic E-state index is 10.9. The first-order valence-electron chi connectivity index (χ1n) is 4.63. The third-order valence-electron chi connectivity index (χ3n) is 2.09. The lowest BCUT2D eigenvalue weighted by Crippen LogP contribution is -2.13. The molecule has 1 aromatic rings. The van der Waals surface area contributed by atoms with Crippen molar-refractivity contribution in [3.63, 3.8) is 0 Å². The second kappa shape index (κ2) is 4.60. The minimum absolute atomic E-state index is 0.281. The Hall–Kier alpha value is -2.44. The van der Waals surface area contributed by atoms with Crippen LogP contribution in [0.2, 0.25) is 0 Å². The number of hydrogen-bond donors (Lipinski definition) is 2. The topological polar surface area (TPSA) is 110 Å². The van der Waals surface area contributed by atoms with Crippen LogP contribution >= 0.6 is 0 Å². The number of nitro groups is 1. The molecule has 0 aliphatic heterocycles. The Bertz CT molecular complexity index is 510. The molecule has 0 spiro atoms. The Morgan fingerprint density at radius 1 is 1.41 bits per heavy atom. The van der Waals surface area contributed by atoms with E-state index in [0.717, 1.165) is 6.92 Å². The number of anilines is 1. The van der Waals surface area contributed by atoms with E-state index in [4.69, 9.17) is 5.11 Å². The molecular weight excluding hydrogens is 228 g/mol. The molecule has 1 rings (SSSR count). The van der Waals surface area contributed by atoms with Gasteiger partial charge in [-0.3, -0.25) is 14.9 Å². The molecular formula is C10H10N2O5.